The molecule has 0 aromatic heterocycles. The van der Waals surface area contributed by atoms with Crippen molar-refractivity contribution in [3.63, 3.8) is 0 Å². The summed E-state index contributed by atoms with van der Waals surface area (Å²) in [7, 11) is -4.02. The molecule has 0 bridgehead atoms. The van der Waals surface area contributed by atoms with Crippen LogP contribution in [-0.2, 0) is 10.0 Å². The fraction of sp³-hybridized carbons (Fsp3) is 0.250. The summed E-state index contributed by atoms with van der Waals surface area (Å²) >= 11 is 0. The Bertz CT molecular complexity index is 714. The van der Waals surface area contributed by atoms with Gasteiger partial charge in [-0.05, 0) is 12.0 Å². The first-order valence-electron chi connectivity index (χ1n) is 6.80. The van der Waals surface area contributed by atoms with Crippen LogP contribution in [0.2, 0.25) is 0 Å². The Kier molecular flexibility index (Phi) is 4.75. The Labute approximate surface area is 124 Å². The van der Waals surface area contributed by atoms with Gasteiger partial charge in [-0.25, -0.2) is 17.9 Å². The van der Waals surface area contributed by atoms with Gasteiger partial charge in [-0.2, -0.15) is 0 Å². The highest BCUT2D eigenvalue weighted by atomic mass is 32.2. The maximum Gasteiger partial charge on any atom is 0.239 e. The molecular formula is C16H18FNO2S. The van der Waals surface area contributed by atoms with E-state index in [0.717, 1.165) is 0 Å². The fourth-order valence-electron chi connectivity index (χ4n) is 2.37. The van der Waals surface area contributed by atoms with Gasteiger partial charge in [-0.15, -0.1) is 0 Å². The maximum absolute atomic E-state index is 14.3. The van der Waals surface area contributed by atoms with Crippen molar-refractivity contribution in [2.75, 3.05) is 0 Å². The number of nitrogens with two attached hydrogens (primary N) is 1. The smallest absolute Gasteiger partial charge is 0.239 e. The lowest BCUT2D eigenvalue weighted by atomic mass is 9.99. The van der Waals surface area contributed by atoms with Gasteiger partial charge < -0.3 is 0 Å². The molecule has 0 radical (unpaired) electrons. The topological polar surface area (TPSA) is 60.2 Å². The molecule has 2 aromatic carbocycles. The molecule has 0 aliphatic heterocycles. The van der Waals surface area contributed by atoms with Crippen LogP contribution in [0.5, 0.6) is 0 Å². The molecule has 0 saturated heterocycles. The van der Waals surface area contributed by atoms with Crippen molar-refractivity contribution in [2.45, 2.75) is 30.8 Å². The van der Waals surface area contributed by atoms with Gasteiger partial charge in [-0.3, -0.25) is 0 Å². The molecule has 2 rings (SSSR count). The summed E-state index contributed by atoms with van der Waals surface area (Å²) in [5.41, 5.74) is 1.28. The minimum absolute atomic E-state index is 0.114. The Morgan fingerprint density at radius 2 is 1.76 bits per heavy atom. The standard InChI is InChI=1S/C16H18FNO2S/c1-2-7-15(17)14-11-6-10-13(16(14)21(18,19)20)12-8-4-3-5-9-12/h3-6,8-11,15H,2,7H2,1H3,(H2,18,19,20). The van der Waals surface area contributed by atoms with Gasteiger partial charge >= 0.3 is 0 Å². The Morgan fingerprint density at radius 3 is 2.33 bits per heavy atom. The molecule has 0 heterocycles. The average molecular weight is 307 g/mol. The number of rotatable bonds is 5. The van der Waals surface area contributed by atoms with Crippen LogP contribution in [0.3, 0.4) is 0 Å². The minimum atomic E-state index is -4.02. The van der Waals surface area contributed by atoms with E-state index in [1.165, 1.54) is 6.07 Å². The molecule has 0 spiro atoms. The van der Waals surface area contributed by atoms with E-state index in [1.807, 2.05) is 13.0 Å². The molecule has 0 saturated carbocycles. The second-order valence-electron chi connectivity index (χ2n) is 4.89. The number of halogens is 1. The second kappa shape index (κ2) is 6.37. The van der Waals surface area contributed by atoms with E-state index in [0.29, 0.717) is 17.5 Å². The number of hydrogen-bond acceptors (Lipinski definition) is 2. The van der Waals surface area contributed by atoms with Crippen LogP contribution in [0.15, 0.2) is 53.4 Å². The predicted octanol–water partition coefficient (Wildman–Crippen LogP) is 3.81. The summed E-state index contributed by atoms with van der Waals surface area (Å²) in [6, 6.07) is 13.8. The van der Waals surface area contributed by atoms with Crippen molar-refractivity contribution >= 4 is 10.0 Å². The highest BCUT2D eigenvalue weighted by Crippen LogP contribution is 2.35. The summed E-state index contributed by atoms with van der Waals surface area (Å²) in [6.45, 7) is 1.85. The van der Waals surface area contributed by atoms with Crippen molar-refractivity contribution in [3.8, 4) is 11.1 Å². The molecule has 0 amide bonds. The lowest BCUT2D eigenvalue weighted by molar-refractivity contribution is 0.316. The third-order valence-electron chi connectivity index (χ3n) is 3.29. The van der Waals surface area contributed by atoms with E-state index < -0.39 is 16.2 Å². The van der Waals surface area contributed by atoms with Crippen LogP contribution >= 0.6 is 0 Å². The molecule has 0 fully saturated rings. The fourth-order valence-corrected chi connectivity index (χ4v) is 3.39. The largest absolute Gasteiger partial charge is 0.242 e. The summed E-state index contributed by atoms with van der Waals surface area (Å²) in [5, 5.41) is 5.34. The van der Waals surface area contributed by atoms with Gasteiger partial charge in [0.15, 0.2) is 0 Å². The molecule has 1 unspecified atom stereocenters. The van der Waals surface area contributed by atoms with Crippen LogP contribution in [0.25, 0.3) is 11.1 Å². The number of alkyl halides is 1. The van der Waals surface area contributed by atoms with Gasteiger partial charge in [0.1, 0.15) is 6.17 Å². The third-order valence-corrected chi connectivity index (χ3v) is 4.32. The monoisotopic (exact) mass is 307 g/mol. The zero-order valence-electron chi connectivity index (χ0n) is 11.8. The third kappa shape index (κ3) is 3.49. The predicted molar refractivity (Wildman–Crippen MR) is 82.0 cm³/mol. The Hall–Kier alpha value is -1.72. The van der Waals surface area contributed by atoms with Crippen LogP contribution in [-0.4, -0.2) is 8.42 Å². The molecule has 1 atom stereocenters. The molecule has 5 heteroatoms. The normalized spacial score (nSPS) is 13.1. The van der Waals surface area contributed by atoms with Crippen LogP contribution in [0.4, 0.5) is 4.39 Å². The molecule has 2 N–H and O–H groups in total. The summed E-state index contributed by atoms with van der Waals surface area (Å²) in [5.74, 6) is 0. The molecule has 2 aromatic rings. The lowest BCUT2D eigenvalue weighted by Crippen LogP contribution is -2.16. The number of primary sulfonamides is 1. The number of sulfonamides is 1. The first kappa shape index (κ1) is 15.7. The zero-order chi connectivity index (χ0) is 15.5. The van der Waals surface area contributed by atoms with Crippen LogP contribution < -0.4 is 5.14 Å². The molecular weight excluding hydrogens is 289 g/mol. The lowest BCUT2D eigenvalue weighted by Gasteiger charge is -2.16. The first-order valence-corrected chi connectivity index (χ1v) is 8.35. The molecule has 3 nitrogen and oxygen atoms in total. The number of benzene rings is 2. The highest BCUT2D eigenvalue weighted by Gasteiger charge is 2.24. The van der Waals surface area contributed by atoms with Crippen molar-refractivity contribution in [1.29, 1.82) is 0 Å². The molecule has 0 aliphatic rings. The molecule has 0 aliphatic carbocycles. The van der Waals surface area contributed by atoms with Crippen molar-refractivity contribution in [2.24, 2.45) is 5.14 Å². The van der Waals surface area contributed by atoms with Crippen molar-refractivity contribution in [3.05, 3.63) is 54.1 Å². The Balaban J connectivity index is 2.70. The van der Waals surface area contributed by atoms with E-state index in [-0.39, 0.29) is 16.9 Å². The molecule has 112 valence electrons. The first-order chi connectivity index (χ1) is 9.95. The maximum atomic E-state index is 14.3. The van der Waals surface area contributed by atoms with Crippen molar-refractivity contribution < 1.29 is 12.8 Å². The van der Waals surface area contributed by atoms with Gasteiger partial charge in [0.25, 0.3) is 0 Å². The van der Waals surface area contributed by atoms with E-state index in [9.17, 15) is 12.8 Å². The summed E-state index contributed by atoms with van der Waals surface area (Å²) < 4.78 is 38.2. The minimum Gasteiger partial charge on any atom is -0.242 e. The average Bonchev–Trinajstić information content (AvgIpc) is 2.46. The summed E-state index contributed by atoms with van der Waals surface area (Å²) in [6.07, 6.45) is -0.450. The van der Waals surface area contributed by atoms with Gasteiger partial charge in [0.05, 0.1) is 4.90 Å². The van der Waals surface area contributed by atoms with Gasteiger partial charge in [0, 0.05) is 11.1 Å². The number of hydrogen-bond donors (Lipinski definition) is 1. The van der Waals surface area contributed by atoms with E-state index in [1.54, 1.807) is 36.4 Å². The van der Waals surface area contributed by atoms with Crippen LogP contribution in [0.1, 0.15) is 31.5 Å². The Morgan fingerprint density at radius 1 is 1.10 bits per heavy atom. The SMILES string of the molecule is CCCC(F)c1cccc(-c2ccccc2)c1S(N)(=O)=O. The van der Waals surface area contributed by atoms with E-state index in [4.69, 9.17) is 5.14 Å². The second-order valence-corrected chi connectivity index (χ2v) is 6.39. The van der Waals surface area contributed by atoms with E-state index in [2.05, 4.69) is 0 Å². The quantitative estimate of drug-likeness (QED) is 0.913. The zero-order valence-corrected chi connectivity index (χ0v) is 12.6. The van der Waals surface area contributed by atoms with Crippen molar-refractivity contribution in [1.82, 2.24) is 0 Å². The molecule has 21 heavy (non-hydrogen) atoms. The van der Waals surface area contributed by atoms with Gasteiger partial charge in [-0.1, -0.05) is 61.9 Å². The van der Waals surface area contributed by atoms with E-state index >= 15 is 0 Å². The van der Waals surface area contributed by atoms with Crippen LogP contribution in [0, 0.1) is 0 Å². The summed E-state index contributed by atoms with van der Waals surface area (Å²) in [4.78, 5) is -0.114. The highest BCUT2D eigenvalue weighted by molar-refractivity contribution is 7.89. The van der Waals surface area contributed by atoms with Gasteiger partial charge in [0.2, 0.25) is 10.0 Å².